The minimum Gasteiger partial charge on any atom is -0.0845 e. The van der Waals surface area contributed by atoms with Crippen LogP contribution in [0.25, 0.3) is 0 Å². The predicted molar refractivity (Wildman–Crippen MR) is 88.6 cm³/mol. The summed E-state index contributed by atoms with van der Waals surface area (Å²) in [5.41, 5.74) is 5.74. The van der Waals surface area contributed by atoms with Crippen molar-refractivity contribution in [2.75, 3.05) is 0 Å². The number of aryl methyl sites for hydroxylation is 2. The van der Waals surface area contributed by atoms with Crippen LogP contribution in [-0.2, 0) is 0 Å². The molecule has 4 rings (SSSR count). The van der Waals surface area contributed by atoms with Crippen LogP contribution in [0.2, 0.25) is 0 Å². The van der Waals surface area contributed by atoms with Crippen LogP contribution in [0.3, 0.4) is 0 Å². The third-order valence-corrected chi connectivity index (χ3v) is 5.38. The summed E-state index contributed by atoms with van der Waals surface area (Å²) in [7, 11) is 0. The molecule has 0 nitrogen and oxygen atoms in total. The summed E-state index contributed by atoms with van der Waals surface area (Å²) in [6.07, 6.45) is 6.25. The molecule has 0 heteroatoms. The molecule has 0 heterocycles. The van der Waals surface area contributed by atoms with E-state index in [1.807, 2.05) is 0 Å². The Morgan fingerprint density at radius 2 is 1.00 bits per heavy atom. The SMILES string of the molecule is Cc1ccc(C2C3C=CC(C3)C2c2ccc(C)cc2)cc1. The second kappa shape index (κ2) is 4.87. The zero-order valence-corrected chi connectivity index (χ0v) is 12.8. The zero-order chi connectivity index (χ0) is 14.4. The summed E-state index contributed by atoms with van der Waals surface area (Å²) in [5, 5.41) is 0. The lowest BCUT2D eigenvalue weighted by atomic mass is 9.75. The van der Waals surface area contributed by atoms with E-state index in [1.54, 1.807) is 0 Å². The molecule has 2 aliphatic carbocycles. The minimum absolute atomic E-state index is 0.656. The molecule has 106 valence electrons. The molecule has 2 aromatic rings. The van der Waals surface area contributed by atoms with Crippen molar-refractivity contribution in [1.82, 2.24) is 0 Å². The Labute approximate surface area is 127 Å². The maximum atomic E-state index is 2.46. The Morgan fingerprint density at radius 1 is 0.619 bits per heavy atom. The fourth-order valence-electron chi connectivity index (χ4n) is 4.31. The number of benzene rings is 2. The molecule has 2 aliphatic rings. The van der Waals surface area contributed by atoms with Gasteiger partial charge in [0.25, 0.3) is 0 Å². The van der Waals surface area contributed by atoms with Gasteiger partial charge in [-0.05, 0) is 55.1 Å². The van der Waals surface area contributed by atoms with E-state index < -0.39 is 0 Å². The van der Waals surface area contributed by atoms with Crippen molar-refractivity contribution in [2.45, 2.75) is 32.1 Å². The number of hydrogen-bond donors (Lipinski definition) is 0. The summed E-state index contributed by atoms with van der Waals surface area (Å²) < 4.78 is 0. The first-order chi connectivity index (χ1) is 10.2. The number of hydrogen-bond acceptors (Lipinski definition) is 0. The number of rotatable bonds is 2. The average molecular weight is 274 g/mol. The van der Waals surface area contributed by atoms with Gasteiger partial charge in [0.15, 0.2) is 0 Å². The topological polar surface area (TPSA) is 0 Å². The van der Waals surface area contributed by atoms with E-state index in [0.29, 0.717) is 11.8 Å². The second-order valence-corrected chi connectivity index (χ2v) is 6.82. The molecular weight excluding hydrogens is 252 g/mol. The lowest BCUT2D eigenvalue weighted by Crippen LogP contribution is -2.16. The van der Waals surface area contributed by atoms with Crippen LogP contribution < -0.4 is 0 Å². The molecule has 0 aromatic heterocycles. The van der Waals surface area contributed by atoms with Crippen LogP contribution in [-0.4, -0.2) is 0 Å². The molecule has 0 saturated heterocycles. The summed E-state index contributed by atoms with van der Waals surface area (Å²) in [6, 6.07) is 18.4. The van der Waals surface area contributed by atoms with Crippen LogP contribution >= 0.6 is 0 Å². The third kappa shape index (κ3) is 2.14. The molecule has 1 fully saturated rings. The number of fused-ring (bicyclic) bond motifs is 2. The first kappa shape index (κ1) is 12.9. The Balaban J connectivity index is 1.75. The van der Waals surface area contributed by atoms with E-state index in [9.17, 15) is 0 Å². The monoisotopic (exact) mass is 274 g/mol. The molecule has 1 saturated carbocycles. The molecule has 21 heavy (non-hydrogen) atoms. The highest BCUT2D eigenvalue weighted by molar-refractivity contribution is 5.39. The Kier molecular flexibility index (Phi) is 2.99. The van der Waals surface area contributed by atoms with E-state index >= 15 is 0 Å². The highest BCUT2D eigenvalue weighted by Crippen LogP contribution is 2.57. The summed E-state index contributed by atoms with van der Waals surface area (Å²) in [6.45, 7) is 4.34. The van der Waals surface area contributed by atoms with Gasteiger partial charge in [0, 0.05) is 0 Å². The van der Waals surface area contributed by atoms with Crippen LogP contribution in [0, 0.1) is 25.7 Å². The van der Waals surface area contributed by atoms with Gasteiger partial charge in [-0.1, -0.05) is 71.8 Å². The van der Waals surface area contributed by atoms with Crippen LogP contribution in [0.15, 0.2) is 60.7 Å². The molecule has 0 N–H and O–H groups in total. The zero-order valence-electron chi connectivity index (χ0n) is 12.8. The van der Waals surface area contributed by atoms with E-state index in [4.69, 9.17) is 0 Å². The standard InChI is InChI=1S/C21H22/c1-14-3-7-16(8-4-14)20-18-11-12-19(13-18)21(20)17-9-5-15(2)6-10-17/h3-12,18-21H,13H2,1-2H3. The molecular formula is C21H22. The van der Waals surface area contributed by atoms with Crippen molar-refractivity contribution in [3.63, 3.8) is 0 Å². The molecule has 0 aliphatic heterocycles. The summed E-state index contributed by atoms with van der Waals surface area (Å²) in [4.78, 5) is 0. The first-order valence-electron chi connectivity index (χ1n) is 8.04. The van der Waals surface area contributed by atoms with Gasteiger partial charge in [-0.2, -0.15) is 0 Å². The molecule has 0 amide bonds. The number of allylic oxidation sites excluding steroid dienone is 2. The summed E-state index contributed by atoms with van der Waals surface area (Å²) in [5.74, 6) is 2.76. The van der Waals surface area contributed by atoms with Gasteiger partial charge in [0.1, 0.15) is 0 Å². The smallest absolute Gasteiger partial charge is 0.00243 e. The third-order valence-electron chi connectivity index (χ3n) is 5.38. The van der Waals surface area contributed by atoms with E-state index in [1.165, 1.54) is 28.7 Å². The normalized spacial score (nSPS) is 30.0. The van der Waals surface area contributed by atoms with Crippen molar-refractivity contribution in [3.05, 3.63) is 82.9 Å². The molecule has 0 spiro atoms. The first-order valence-corrected chi connectivity index (χ1v) is 8.04. The molecule has 2 aromatic carbocycles. The van der Waals surface area contributed by atoms with Gasteiger partial charge in [0.05, 0.1) is 0 Å². The Hall–Kier alpha value is -1.82. The van der Waals surface area contributed by atoms with Gasteiger partial charge in [-0.25, -0.2) is 0 Å². The van der Waals surface area contributed by atoms with E-state index in [-0.39, 0.29) is 0 Å². The predicted octanol–water partition coefficient (Wildman–Crippen LogP) is 5.38. The van der Waals surface area contributed by atoms with Crippen molar-refractivity contribution in [1.29, 1.82) is 0 Å². The molecule has 0 radical (unpaired) electrons. The lowest BCUT2D eigenvalue weighted by Gasteiger charge is -2.29. The van der Waals surface area contributed by atoms with Crippen LogP contribution in [0.4, 0.5) is 0 Å². The Morgan fingerprint density at radius 3 is 1.38 bits per heavy atom. The van der Waals surface area contributed by atoms with Gasteiger partial charge in [-0.15, -0.1) is 0 Å². The average Bonchev–Trinajstić information content (AvgIpc) is 3.10. The van der Waals surface area contributed by atoms with Crippen LogP contribution in [0.1, 0.15) is 40.5 Å². The van der Waals surface area contributed by atoms with Crippen molar-refractivity contribution < 1.29 is 0 Å². The van der Waals surface area contributed by atoms with Gasteiger partial charge in [-0.3, -0.25) is 0 Å². The van der Waals surface area contributed by atoms with Crippen molar-refractivity contribution in [2.24, 2.45) is 11.8 Å². The highest BCUT2D eigenvalue weighted by Gasteiger charge is 2.45. The highest BCUT2D eigenvalue weighted by atomic mass is 14.5. The minimum atomic E-state index is 0.656. The van der Waals surface area contributed by atoms with E-state index in [2.05, 4.69) is 74.5 Å². The molecule has 4 atom stereocenters. The van der Waals surface area contributed by atoms with Gasteiger partial charge >= 0.3 is 0 Å². The second-order valence-electron chi connectivity index (χ2n) is 6.82. The molecule has 4 unspecified atom stereocenters. The maximum Gasteiger partial charge on any atom is -0.00243 e. The Bertz CT molecular complexity index is 601. The largest absolute Gasteiger partial charge is 0.0845 e. The van der Waals surface area contributed by atoms with Crippen LogP contribution in [0.5, 0.6) is 0 Å². The van der Waals surface area contributed by atoms with Crippen molar-refractivity contribution >= 4 is 0 Å². The molecule has 2 bridgehead atoms. The fourth-order valence-corrected chi connectivity index (χ4v) is 4.31. The summed E-state index contributed by atoms with van der Waals surface area (Å²) >= 11 is 0. The van der Waals surface area contributed by atoms with Gasteiger partial charge in [0.2, 0.25) is 0 Å². The lowest BCUT2D eigenvalue weighted by molar-refractivity contribution is 0.509. The maximum absolute atomic E-state index is 2.46. The van der Waals surface area contributed by atoms with Gasteiger partial charge < -0.3 is 0 Å². The quantitative estimate of drug-likeness (QED) is 0.645. The van der Waals surface area contributed by atoms with E-state index in [0.717, 1.165) is 11.8 Å². The van der Waals surface area contributed by atoms with Crippen molar-refractivity contribution in [3.8, 4) is 0 Å². The fraction of sp³-hybridized carbons (Fsp3) is 0.333.